The first kappa shape index (κ1) is 18.6. The second-order valence-electron chi connectivity index (χ2n) is 6.57. The summed E-state index contributed by atoms with van der Waals surface area (Å²) >= 11 is 0. The fourth-order valence-electron chi connectivity index (χ4n) is 3.10. The Morgan fingerprint density at radius 1 is 1.26 bits per heavy atom. The second kappa shape index (κ2) is 7.98. The zero-order valence-electron chi connectivity index (χ0n) is 15.0. The third-order valence-corrected chi connectivity index (χ3v) is 4.64. The maximum absolute atomic E-state index is 12.6. The van der Waals surface area contributed by atoms with Gasteiger partial charge in [-0.25, -0.2) is 4.68 Å². The van der Waals surface area contributed by atoms with Gasteiger partial charge in [0.15, 0.2) is 0 Å². The lowest BCUT2D eigenvalue weighted by Gasteiger charge is -2.32. The topological polar surface area (TPSA) is 109 Å². The summed E-state index contributed by atoms with van der Waals surface area (Å²) in [5, 5.41) is 16.8. The highest BCUT2D eigenvalue weighted by Gasteiger charge is 2.29. The highest BCUT2D eigenvalue weighted by molar-refractivity contribution is 5.96. The number of rotatable bonds is 5. The van der Waals surface area contributed by atoms with Gasteiger partial charge < -0.3 is 14.9 Å². The maximum atomic E-state index is 12.6. The van der Waals surface area contributed by atoms with Gasteiger partial charge in [0.1, 0.15) is 0 Å². The Balaban J connectivity index is 1.60. The lowest BCUT2D eigenvalue weighted by atomic mass is 9.98. The van der Waals surface area contributed by atoms with E-state index in [1.165, 1.54) is 9.80 Å². The van der Waals surface area contributed by atoms with E-state index in [2.05, 4.69) is 10.3 Å². The van der Waals surface area contributed by atoms with E-state index in [-0.39, 0.29) is 24.9 Å². The number of nitrogens with zero attached hydrogens (tertiary/aromatic N) is 5. The van der Waals surface area contributed by atoms with Gasteiger partial charge in [-0.15, -0.1) is 5.10 Å². The maximum Gasteiger partial charge on any atom is 0.308 e. The predicted molar refractivity (Wildman–Crippen MR) is 95.3 cm³/mol. The molecule has 9 heteroatoms. The van der Waals surface area contributed by atoms with Crippen molar-refractivity contribution in [2.24, 2.45) is 5.92 Å². The molecular weight excluding hydrogens is 350 g/mol. The number of amides is 2. The number of carboxylic acids is 1. The van der Waals surface area contributed by atoms with E-state index in [4.69, 9.17) is 5.11 Å². The van der Waals surface area contributed by atoms with Crippen LogP contribution in [0, 0.1) is 5.92 Å². The van der Waals surface area contributed by atoms with Crippen LogP contribution < -0.4 is 0 Å². The van der Waals surface area contributed by atoms with Crippen LogP contribution in [-0.2, 0) is 9.59 Å². The predicted octanol–water partition coefficient (Wildman–Crippen LogP) is 0.663. The summed E-state index contributed by atoms with van der Waals surface area (Å²) in [5.74, 6) is -1.94. The smallest absolute Gasteiger partial charge is 0.308 e. The molecule has 142 valence electrons. The van der Waals surface area contributed by atoms with E-state index in [0.717, 1.165) is 5.69 Å². The summed E-state index contributed by atoms with van der Waals surface area (Å²) in [6.45, 7) is 0.635. The molecule has 1 fully saturated rings. The van der Waals surface area contributed by atoms with Crippen molar-refractivity contribution < 1.29 is 19.5 Å². The highest BCUT2D eigenvalue weighted by atomic mass is 16.4. The van der Waals surface area contributed by atoms with E-state index in [9.17, 15) is 14.4 Å². The molecule has 1 aliphatic heterocycles. The van der Waals surface area contributed by atoms with Crippen molar-refractivity contribution in [1.82, 2.24) is 24.8 Å². The molecule has 2 heterocycles. The zero-order valence-corrected chi connectivity index (χ0v) is 15.0. The van der Waals surface area contributed by atoms with E-state index in [1.807, 2.05) is 0 Å². The Bertz CT molecular complexity index is 819. The molecule has 0 saturated carbocycles. The minimum absolute atomic E-state index is 0.0873. The van der Waals surface area contributed by atoms with Gasteiger partial charge in [0.25, 0.3) is 5.91 Å². The molecule has 1 saturated heterocycles. The van der Waals surface area contributed by atoms with Crippen molar-refractivity contribution in [3.05, 3.63) is 42.2 Å². The monoisotopic (exact) mass is 371 g/mol. The van der Waals surface area contributed by atoms with Gasteiger partial charge in [-0.1, -0.05) is 5.21 Å². The second-order valence-corrected chi connectivity index (χ2v) is 6.57. The number of hydrogen-bond donors (Lipinski definition) is 1. The molecular formula is C18H21N5O4. The number of carbonyl (C=O) groups excluding carboxylic acids is 2. The first-order valence-corrected chi connectivity index (χ1v) is 8.68. The van der Waals surface area contributed by atoms with Crippen LogP contribution >= 0.6 is 0 Å². The number of carbonyl (C=O) groups is 3. The van der Waals surface area contributed by atoms with E-state index >= 15 is 0 Å². The van der Waals surface area contributed by atoms with E-state index in [1.54, 1.807) is 48.4 Å². The Hall–Kier alpha value is -3.23. The third kappa shape index (κ3) is 4.30. The van der Waals surface area contributed by atoms with Gasteiger partial charge in [0.05, 0.1) is 30.5 Å². The Kier molecular flexibility index (Phi) is 5.49. The van der Waals surface area contributed by atoms with Crippen molar-refractivity contribution in [1.29, 1.82) is 0 Å². The Morgan fingerprint density at radius 3 is 2.63 bits per heavy atom. The quantitative estimate of drug-likeness (QED) is 0.827. The molecule has 1 unspecified atom stereocenters. The summed E-state index contributed by atoms with van der Waals surface area (Å²) in [5.41, 5.74) is 1.23. The van der Waals surface area contributed by atoms with Crippen LogP contribution in [-0.4, -0.2) is 74.4 Å². The van der Waals surface area contributed by atoms with Crippen molar-refractivity contribution in [3.8, 4) is 5.69 Å². The SMILES string of the molecule is CN(CC(=O)N1CCCC(C(=O)O)C1)C(=O)c1ccc(-n2ccnn2)cc1. The number of likely N-dealkylation sites (tertiary alicyclic amines) is 1. The van der Waals surface area contributed by atoms with Crippen LogP contribution in [0.5, 0.6) is 0 Å². The summed E-state index contributed by atoms with van der Waals surface area (Å²) in [4.78, 5) is 39.0. The van der Waals surface area contributed by atoms with E-state index in [0.29, 0.717) is 24.9 Å². The average Bonchev–Trinajstić information content (AvgIpc) is 3.22. The first-order valence-electron chi connectivity index (χ1n) is 8.68. The summed E-state index contributed by atoms with van der Waals surface area (Å²) in [6.07, 6.45) is 4.49. The Morgan fingerprint density at radius 2 is 2.00 bits per heavy atom. The number of aromatic nitrogens is 3. The molecule has 1 N–H and O–H groups in total. The minimum atomic E-state index is -0.885. The van der Waals surface area contributed by atoms with Crippen molar-refractivity contribution in [3.63, 3.8) is 0 Å². The first-order chi connectivity index (χ1) is 13.0. The van der Waals surface area contributed by atoms with Crippen LogP contribution in [0.1, 0.15) is 23.2 Å². The number of carboxylic acid groups (broad SMARTS) is 1. The number of likely N-dealkylation sites (N-methyl/N-ethyl adjacent to an activating group) is 1. The third-order valence-electron chi connectivity index (χ3n) is 4.64. The molecule has 1 atom stereocenters. The fourth-order valence-corrected chi connectivity index (χ4v) is 3.10. The van der Waals surface area contributed by atoms with Gasteiger partial charge in [0, 0.05) is 25.7 Å². The summed E-state index contributed by atoms with van der Waals surface area (Å²) in [6, 6.07) is 6.84. The van der Waals surface area contributed by atoms with Gasteiger partial charge in [-0.2, -0.15) is 0 Å². The molecule has 0 radical (unpaired) electrons. The van der Waals surface area contributed by atoms with Gasteiger partial charge in [-0.05, 0) is 37.1 Å². The number of piperidine rings is 1. The molecule has 2 amide bonds. The molecule has 1 aliphatic rings. The molecule has 27 heavy (non-hydrogen) atoms. The standard InChI is InChI=1S/C18H21N5O4/c1-21(12-16(24)22-9-2-3-14(11-22)18(26)27)17(25)13-4-6-15(7-5-13)23-10-8-19-20-23/h4-8,10,14H,2-3,9,11-12H2,1H3,(H,26,27). The fraction of sp³-hybridized carbons (Fsp3) is 0.389. The van der Waals surface area contributed by atoms with Gasteiger partial charge in [0.2, 0.25) is 5.91 Å². The Labute approximate surface area is 156 Å². The van der Waals surface area contributed by atoms with Crippen molar-refractivity contribution >= 4 is 17.8 Å². The van der Waals surface area contributed by atoms with Crippen molar-refractivity contribution in [2.45, 2.75) is 12.8 Å². The minimum Gasteiger partial charge on any atom is -0.481 e. The average molecular weight is 371 g/mol. The van der Waals surface area contributed by atoms with E-state index < -0.39 is 11.9 Å². The molecule has 2 aromatic rings. The van der Waals surface area contributed by atoms with Crippen LogP contribution in [0.15, 0.2) is 36.7 Å². The molecule has 1 aromatic heterocycles. The zero-order chi connectivity index (χ0) is 19.4. The summed E-state index contributed by atoms with van der Waals surface area (Å²) < 4.78 is 1.58. The van der Waals surface area contributed by atoms with Crippen molar-refractivity contribution in [2.75, 3.05) is 26.7 Å². The summed E-state index contributed by atoms with van der Waals surface area (Å²) in [7, 11) is 1.56. The van der Waals surface area contributed by atoms with Gasteiger partial charge >= 0.3 is 5.97 Å². The lowest BCUT2D eigenvalue weighted by molar-refractivity contribution is -0.145. The highest BCUT2D eigenvalue weighted by Crippen LogP contribution is 2.17. The number of aliphatic carboxylic acids is 1. The molecule has 0 spiro atoms. The largest absolute Gasteiger partial charge is 0.481 e. The lowest BCUT2D eigenvalue weighted by Crippen LogP contribution is -2.46. The number of benzene rings is 1. The number of hydrogen-bond acceptors (Lipinski definition) is 5. The molecule has 1 aromatic carbocycles. The van der Waals surface area contributed by atoms with Gasteiger partial charge in [-0.3, -0.25) is 14.4 Å². The molecule has 0 bridgehead atoms. The van der Waals surface area contributed by atoms with Crippen LogP contribution in [0.4, 0.5) is 0 Å². The van der Waals surface area contributed by atoms with Crippen LogP contribution in [0.2, 0.25) is 0 Å². The normalized spacial score (nSPS) is 16.8. The molecule has 3 rings (SSSR count). The van der Waals surface area contributed by atoms with Crippen LogP contribution in [0.25, 0.3) is 5.69 Å². The molecule has 9 nitrogen and oxygen atoms in total. The molecule has 0 aliphatic carbocycles. The van der Waals surface area contributed by atoms with Crippen LogP contribution in [0.3, 0.4) is 0 Å².